The third kappa shape index (κ3) is 3.00. The molecule has 0 bridgehead atoms. The van der Waals surface area contributed by atoms with Crippen LogP contribution in [0.15, 0.2) is 12.1 Å². The van der Waals surface area contributed by atoms with E-state index in [2.05, 4.69) is 5.32 Å². The Morgan fingerprint density at radius 1 is 1.10 bits per heavy atom. The average molecular weight is 322 g/mol. The molecule has 116 valence electrons. The van der Waals surface area contributed by atoms with E-state index < -0.39 is 18.1 Å². The maximum absolute atomic E-state index is 13.1. The highest BCUT2D eigenvalue weighted by molar-refractivity contribution is 6.33. The number of fused-ring (bicyclic) bond motifs is 1. The number of hydrogen-bond acceptors (Lipinski definition) is 3. The van der Waals surface area contributed by atoms with Crippen molar-refractivity contribution in [1.29, 1.82) is 0 Å². The molecule has 0 aromatic heterocycles. The third-order valence-electron chi connectivity index (χ3n) is 3.99. The Morgan fingerprint density at radius 3 is 2.48 bits per heavy atom. The Kier molecular flexibility index (Phi) is 3.82. The Morgan fingerprint density at radius 2 is 1.76 bits per heavy atom. The van der Waals surface area contributed by atoms with Crippen molar-refractivity contribution < 1.29 is 22.6 Å². The summed E-state index contributed by atoms with van der Waals surface area (Å²) < 4.78 is 49.7. The second-order valence-corrected chi connectivity index (χ2v) is 5.78. The van der Waals surface area contributed by atoms with E-state index in [-0.39, 0.29) is 13.2 Å². The van der Waals surface area contributed by atoms with E-state index in [1.54, 1.807) is 12.1 Å². The van der Waals surface area contributed by atoms with Crippen LogP contribution < -0.4 is 14.8 Å². The number of alkyl halides is 3. The highest BCUT2D eigenvalue weighted by atomic mass is 35.5. The largest absolute Gasteiger partial charge is 0.454 e. The number of benzene rings is 1. The Hall–Kier alpha value is -1.30. The molecule has 0 spiro atoms. The standard InChI is InChI=1S/C14H15ClF3NO2/c15-9-5-12-13(21-7-20-12)6-11(9)19-10-4-2-1-3-8(10)14(16,17)18/h5-6,8,10,19H,1-4,7H2. The summed E-state index contributed by atoms with van der Waals surface area (Å²) in [7, 11) is 0. The zero-order valence-corrected chi connectivity index (χ0v) is 11.9. The second kappa shape index (κ2) is 5.48. The first-order chi connectivity index (χ1) is 9.95. The van der Waals surface area contributed by atoms with Crippen molar-refractivity contribution in [2.24, 2.45) is 5.92 Å². The molecular weight excluding hydrogens is 307 g/mol. The van der Waals surface area contributed by atoms with Crippen LogP contribution in [-0.2, 0) is 0 Å². The van der Waals surface area contributed by atoms with Gasteiger partial charge in [-0.25, -0.2) is 0 Å². The fraction of sp³-hybridized carbons (Fsp3) is 0.571. The molecule has 0 saturated heterocycles. The number of ether oxygens (including phenoxy) is 2. The summed E-state index contributed by atoms with van der Waals surface area (Å²) in [4.78, 5) is 0. The molecule has 1 aliphatic carbocycles. The smallest absolute Gasteiger partial charge is 0.393 e. The molecule has 2 atom stereocenters. The first-order valence-corrected chi connectivity index (χ1v) is 7.25. The maximum Gasteiger partial charge on any atom is 0.393 e. The van der Waals surface area contributed by atoms with Crippen molar-refractivity contribution in [3.63, 3.8) is 0 Å². The van der Waals surface area contributed by atoms with Gasteiger partial charge < -0.3 is 14.8 Å². The summed E-state index contributed by atoms with van der Waals surface area (Å²) in [5, 5.41) is 3.29. The van der Waals surface area contributed by atoms with Crippen molar-refractivity contribution >= 4 is 17.3 Å². The molecule has 1 heterocycles. The molecule has 2 unspecified atom stereocenters. The van der Waals surface area contributed by atoms with E-state index in [1.165, 1.54) is 0 Å². The van der Waals surface area contributed by atoms with Gasteiger partial charge in [0.2, 0.25) is 6.79 Å². The molecular formula is C14H15ClF3NO2. The SMILES string of the molecule is FC(F)(F)C1CCCCC1Nc1cc2c(cc1Cl)OCO2. The predicted molar refractivity (Wildman–Crippen MR) is 73.0 cm³/mol. The van der Waals surface area contributed by atoms with Crippen LogP contribution in [0.25, 0.3) is 0 Å². The zero-order chi connectivity index (χ0) is 15.0. The fourth-order valence-corrected chi connectivity index (χ4v) is 3.13. The van der Waals surface area contributed by atoms with Crippen LogP contribution in [0.5, 0.6) is 11.5 Å². The van der Waals surface area contributed by atoms with Crippen LogP contribution in [0.2, 0.25) is 5.02 Å². The van der Waals surface area contributed by atoms with Gasteiger partial charge >= 0.3 is 6.18 Å². The van der Waals surface area contributed by atoms with Gasteiger partial charge in [-0.05, 0) is 12.8 Å². The summed E-state index contributed by atoms with van der Waals surface area (Å²) in [5.74, 6) is -0.324. The highest BCUT2D eigenvalue weighted by Crippen LogP contribution is 2.43. The molecule has 0 amide bonds. The van der Waals surface area contributed by atoms with Crippen molar-refractivity contribution in [1.82, 2.24) is 0 Å². The fourth-order valence-electron chi connectivity index (χ4n) is 2.92. The van der Waals surface area contributed by atoms with E-state index in [9.17, 15) is 13.2 Å². The molecule has 21 heavy (non-hydrogen) atoms. The van der Waals surface area contributed by atoms with E-state index in [0.29, 0.717) is 35.1 Å². The monoisotopic (exact) mass is 321 g/mol. The van der Waals surface area contributed by atoms with Gasteiger partial charge in [-0.15, -0.1) is 0 Å². The summed E-state index contributed by atoms with van der Waals surface area (Å²) in [6.45, 7) is 0.101. The van der Waals surface area contributed by atoms with Gasteiger partial charge in [-0.1, -0.05) is 24.4 Å². The second-order valence-electron chi connectivity index (χ2n) is 5.37. The maximum atomic E-state index is 13.1. The summed E-state index contributed by atoms with van der Waals surface area (Å²) in [6, 6.07) is 2.52. The van der Waals surface area contributed by atoms with Crippen LogP contribution in [0.3, 0.4) is 0 Å². The molecule has 1 aromatic rings. The van der Waals surface area contributed by atoms with Gasteiger partial charge in [0.25, 0.3) is 0 Å². The highest BCUT2D eigenvalue weighted by Gasteiger charge is 2.45. The lowest BCUT2D eigenvalue weighted by Gasteiger charge is -2.34. The lowest BCUT2D eigenvalue weighted by molar-refractivity contribution is -0.184. The predicted octanol–water partition coefficient (Wildman–Crippen LogP) is 4.60. The van der Waals surface area contributed by atoms with E-state index in [0.717, 1.165) is 6.42 Å². The summed E-state index contributed by atoms with van der Waals surface area (Å²) >= 11 is 6.11. The van der Waals surface area contributed by atoms with Crippen LogP contribution >= 0.6 is 11.6 Å². The molecule has 2 aliphatic rings. The van der Waals surface area contributed by atoms with E-state index in [4.69, 9.17) is 21.1 Å². The first-order valence-electron chi connectivity index (χ1n) is 6.87. The first kappa shape index (κ1) is 14.6. The number of rotatable bonds is 2. The van der Waals surface area contributed by atoms with Gasteiger partial charge in [0.1, 0.15) is 0 Å². The molecule has 1 aromatic carbocycles. The minimum absolute atomic E-state index is 0.101. The van der Waals surface area contributed by atoms with Crippen molar-refractivity contribution in [3.8, 4) is 11.5 Å². The molecule has 3 nitrogen and oxygen atoms in total. The topological polar surface area (TPSA) is 30.5 Å². The Labute approximate surface area is 125 Å². The number of hydrogen-bond donors (Lipinski definition) is 1. The van der Waals surface area contributed by atoms with Gasteiger partial charge in [-0.3, -0.25) is 0 Å². The number of anilines is 1. The normalized spacial score (nSPS) is 25.0. The zero-order valence-electron chi connectivity index (χ0n) is 11.2. The lowest BCUT2D eigenvalue weighted by Crippen LogP contribution is -2.41. The van der Waals surface area contributed by atoms with Gasteiger partial charge in [0.15, 0.2) is 11.5 Å². The molecule has 1 saturated carbocycles. The molecule has 3 rings (SSSR count). The van der Waals surface area contributed by atoms with Crippen LogP contribution in [-0.4, -0.2) is 19.0 Å². The van der Waals surface area contributed by atoms with E-state index in [1.807, 2.05) is 0 Å². The number of nitrogens with one attached hydrogen (secondary N) is 1. The molecule has 1 N–H and O–H groups in total. The Bertz CT molecular complexity index is 536. The van der Waals surface area contributed by atoms with Gasteiger partial charge in [0.05, 0.1) is 16.6 Å². The van der Waals surface area contributed by atoms with E-state index >= 15 is 0 Å². The minimum atomic E-state index is -4.19. The third-order valence-corrected chi connectivity index (χ3v) is 4.30. The lowest BCUT2D eigenvalue weighted by atomic mass is 9.84. The summed E-state index contributed by atoms with van der Waals surface area (Å²) in [6.07, 6.45) is -2.16. The molecule has 1 fully saturated rings. The van der Waals surface area contributed by atoms with Crippen LogP contribution in [0, 0.1) is 5.92 Å². The minimum Gasteiger partial charge on any atom is -0.454 e. The van der Waals surface area contributed by atoms with Crippen molar-refractivity contribution in [3.05, 3.63) is 17.2 Å². The molecule has 1 aliphatic heterocycles. The average Bonchev–Trinajstić information content (AvgIpc) is 2.85. The molecule has 7 heteroatoms. The quantitative estimate of drug-likeness (QED) is 0.863. The van der Waals surface area contributed by atoms with Crippen molar-refractivity contribution in [2.75, 3.05) is 12.1 Å². The number of halogens is 4. The van der Waals surface area contributed by atoms with Crippen LogP contribution in [0.4, 0.5) is 18.9 Å². The van der Waals surface area contributed by atoms with Crippen molar-refractivity contribution in [2.45, 2.75) is 37.9 Å². The van der Waals surface area contributed by atoms with Gasteiger partial charge in [0, 0.05) is 18.2 Å². The van der Waals surface area contributed by atoms with Crippen LogP contribution in [0.1, 0.15) is 25.7 Å². The summed E-state index contributed by atoms with van der Waals surface area (Å²) in [5.41, 5.74) is 0.460. The molecule has 0 radical (unpaired) electrons. The Balaban J connectivity index is 1.82. The van der Waals surface area contributed by atoms with Gasteiger partial charge in [-0.2, -0.15) is 13.2 Å².